The van der Waals surface area contributed by atoms with E-state index in [9.17, 15) is 9.59 Å². The van der Waals surface area contributed by atoms with E-state index in [-0.39, 0.29) is 24.7 Å². The smallest absolute Gasteiger partial charge is 0.317 e. The molecular formula is C13H22N2O4. The fraction of sp³-hybridized carbons (Fsp3) is 0.846. The number of carboxylic acid groups (broad SMARTS) is 1. The SMILES string of the molecule is CC[C@@H]1OCC[C@H]1NC(=O)N1CCC(C)(C(=O)O)C1. The number of amides is 2. The van der Waals surface area contributed by atoms with Crippen LogP contribution in [0.1, 0.15) is 33.1 Å². The van der Waals surface area contributed by atoms with Gasteiger partial charge in [-0.25, -0.2) is 4.79 Å². The molecule has 2 heterocycles. The zero-order valence-corrected chi connectivity index (χ0v) is 11.5. The first-order valence-corrected chi connectivity index (χ1v) is 6.87. The highest BCUT2D eigenvalue weighted by atomic mass is 16.5. The molecule has 2 amide bonds. The number of likely N-dealkylation sites (tertiary alicyclic amines) is 1. The van der Waals surface area contributed by atoms with Crippen LogP contribution in [0.25, 0.3) is 0 Å². The molecule has 2 saturated heterocycles. The Morgan fingerprint density at radius 3 is 2.84 bits per heavy atom. The average Bonchev–Trinajstić information content (AvgIpc) is 2.96. The van der Waals surface area contributed by atoms with Crippen LogP contribution < -0.4 is 5.32 Å². The Morgan fingerprint density at radius 2 is 2.26 bits per heavy atom. The van der Waals surface area contributed by atoms with Gasteiger partial charge in [-0.05, 0) is 26.2 Å². The van der Waals surface area contributed by atoms with Crippen molar-refractivity contribution in [1.29, 1.82) is 0 Å². The van der Waals surface area contributed by atoms with Crippen molar-refractivity contribution in [2.45, 2.75) is 45.3 Å². The van der Waals surface area contributed by atoms with Gasteiger partial charge in [0.25, 0.3) is 0 Å². The highest BCUT2D eigenvalue weighted by Gasteiger charge is 2.42. The molecule has 2 fully saturated rings. The number of carbonyl (C=O) groups is 2. The van der Waals surface area contributed by atoms with E-state index in [0.717, 1.165) is 12.8 Å². The summed E-state index contributed by atoms with van der Waals surface area (Å²) in [5.74, 6) is -0.835. The molecule has 0 aromatic rings. The first-order valence-electron chi connectivity index (χ1n) is 6.87. The number of aliphatic carboxylic acids is 1. The van der Waals surface area contributed by atoms with Crippen molar-refractivity contribution in [2.75, 3.05) is 19.7 Å². The third kappa shape index (κ3) is 2.83. The highest BCUT2D eigenvalue weighted by molar-refractivity contribution is 5.79. The maximum absolute atomic E-state index is 12.1. The van der Waals surface area contributed by atoms with Gasteiger partial charge in [0.1, 0.15) is 0 Å². The Balaban J connectivity index is 1.90. The molecule has 0 aromatic heterocycles. The van der Waals surface area contributed by atoms with E-state index in [0.29, 0.717) is 19.6 Å². The number of nitrogens with zero attached hydrogens (tertiary/aromatic N) is 1. The number of carboxylic acids is 1. The molecule has 2 aliphatic heterocycles. The van der Waals surface area contributed by atoms with Gasteiger partial charge in [-0.3, -0.25) is 4.79 Å². The second kappa shape index (κ2) is 5.36. The van der Waals surface area contributed by atoms with Crippen LogP contribution in [0.3, 0.4) is 0 Å². The van der Waals surface area contributed by atoms with Crippen LogP contribution >= 0.6 is 0 Å². The number of nitrogens with one attached hydrogen (secondary N) is 1. The number of hydrogen-bond donors (Lipinski definition) is 2. The molecule has 2 aliphatic rings. The van der Waals surface area contributed by atoms with E-state index >= 15 is 0 Å². The second-order valence-corrected chi connectivity index (χ2v) is 5.70. The first-order chi connectivity index (χ1) is 8.96. The number of hydrogen-bond acceptors (Lipinski definition) is 3. The minimum Gasteiger partial charge on any atom is -0.481 e. The van der Waals surface area contributed by atoms with Crippen molar-refractivity contribution >= 4 is 12.0 Å². The normalized spacial score (nSPS) is 34.5. The van der Waals surface area contributed by atoms with E-state index in [1.54, 1.807) is 11.8 Å². The Kier molecular flexibility index (Phi) is 3.99. The van der Waals surface area contributed by atoms with Crippen LogP contribution in [0.15, 0.2) is 0 Å². The van der Waals surface area contributed by atoms with Crippen LogP contribution in [0, 0.1) is 5.41 Å². The summed E-state index contributed by atoms with van der Waals surface area (Å²) >= 11 is 0. The monoisotopic (exact) mass is 270 g/mol. The van der Waals surface area contributed by atoms with Gasteiger partial charge in [0.2, 0.25) is 0 Å². The summed E-state index contributed by atoms with van der Waals surface area (Å²) < 4.78 is 5.53. The van der Waals surface area contributed by atoms with E-state index in [4.69, 9.17) is 9.84 Å². The second-order valence-electron chi connectivity index (χ2n) is 5.70. The summed E-state index contributed by atoms with van der Waals surface area (Å²) in [6, 6.07) is -0.117. The molecule has 0 spiro atoms. The summed E-state index contributed by atoms with van der Waals surface area (Å²) in [7, 11) is 0. The molecule has 2 rings (SSSR count). The van der Waals surface area contributed by atoms with E-state index in [2.05, 4.69) is 5.32 Å². The number of rotatable bonds is 3. The summed E-state index contributed by atoms with van der Waals surface area (Å²) in [5.41, 5.74) is -0.812. The topological polar surface area (TPSA) is 78.9 Å². The molecule has 3 atom stereocenters. The van der Waals surface area contributed by atoms with E-state index < -0.39 is 11.4 Å². The summed E-state index contributed by atoms with van der Waals surface area (Å²) in [4.78, 5) is 24.9. The van der Waals surface area contributed by atoms with E-state index in [1.807, 2.05) is 6.92 Å². The van der Waals surface area contributed by atoms with Gasteiger partial charge in [0.15, 0.2) is 0 Å². The van der Waals surface area contributed by atoms with Crippen molar-refractivity contribution in [3.63, 3.8) is 0 Å². The molecule has 19 heavy (non-hydrogen) atoms. The minimum atomic E-state index is -0.835. The van der Waals surface area contributed by atoms with Gasteiger partial charge in [0.05, 0.1) is 17.6 Å². The maximum atomic E-state index is 12.1. The standard InChI is InChI=1S/C13H22N2O4/c1-3-10-9(4-7-19-10)14-12(18)15-6-5-13(2,8-15)11(16)17/h9-10H,3-8H2,1-2H3,(H,14,18)(H,16,17)/t9-,10+,13?/m1/s1. The fourth-order valence-electron chi connectivity index (χ4n) is 2.77. The quantitative estimate of drug-likeness (QED) is 0.803. The molecular weight excluding hydrogens is 248 g/mol. The summed E-state index contributed by atoms with van der Waals surface area (Å²) in [6.07, 6.45) is 2.29. The Hall–Kier alpha value is -1.30. The Labute approximate surface area is 113 Å². The molecule has 0 bridgehead atoms. The molecule has 6 nitrogen and oxygen atoms in total. The van der Waals surface area contributed by atoms with Crippen molar-refractivity contribution in [1.82, 2.24) is 10.2 Å². The van der Waals surface area contributed by atoms with Crippen LogP contribution in [-0.4, -0.2) is 53.8 Å². The molecule has 0 saturated carbocycles. The van der Waals surface area contributed by atoms with Gasteiger partial charge in [-0.2, -0.15) is 0 Å². The first kappa shape index (κ1) is 14.1. The third-order valence-electron chi connectivity index (χ3n) is 4.20. The van der Waals surface area contributed by atoms with Gasteiger partial charge in [-0.15, -0.1) is 0 Å². The zero-order chi connectivity index (χ0) is 14.0. The van der Waals surface area contributed by atoms with Crippen LogP contribution in [-0.2, 0) is 9.53 Å². The van der Waals surface area contributed by atoms with Gasteiger partial charge < -0.3 is 20.1 Å². The lowest BCUT2D eigenvalue weighted by Crippen LogP contribution is -2.47. The largest absolute Gasteiger partial charge is 0.481 e. The average molecular weight is 270 g/mol. The Morgan fingerprint density at radius 1 is 1.53 bits per heavy atom. The molecule has 0 aromatic carbocycles. The lowest BCUT2D eigenvalue weighted by Gasteiger charge is -2.24. The highest BCUT2D eigenvalue weighted by Crippen LogP contribution is 2.30. The minimum absolute atomic E-state index is 0.0502. The maximum Gasteiger partial charge on any atom is 0.317 e. The zero-order valence-electron chi connectivity index (χ0n) is 11.5. The van der Waals surface area contributed by atoms with Gasteiger partial charge in [0, 0.05) is 19.7 Å². The number of ether oxygens (including phenoxy) is 1. The van der Waals surface area contributed by atoms with Crippen molar-refractivity contribution in [3.8, 4) is 0 Å². The van der Waals surface area contributed by atoms with Crippen molar-refractivity contribution in [2.24, 2.45) is 5.41 Å². The summed E-state index contributed by atoms with van der Waals surface area (Å²) in [6.45, 7) is 5.18. The van der Waals surface area contributed by atoms with Gasteiger partial charge >= 0.3 is 12.0 Å². The predicted molar refractivity (Wildman–Crippen MR) is 68.9 cm³/mol. The lowest BCUT2D eigenvalue weighted by molar-refractivity contribution is -0.147. The molecule has 2 N–H and O–H groups in total. The number of urea groups is 1. The third-order valence-corrected chi connectivity index (χ3v) is 4.20. The van der Waals surface area contributed by atoms with Gasteiger partial charge in [-0.1, -0.05) is 6.92 Å². The van der Waals surface area contributed by atoms with Crippen LogP contribution in [0.4, 0.5) is 4.79 Å². The van der Waals surface area contributed by atoms with E-state index in [1.165, 1.54) is 0 Å². The lowest BCUT2D eigenvalue weighted by atomic mass is 9.90. The molecule has 0 aliphatic carbocycles. The van der Waals surface area contributed by atoms with Crippen LogP contribution in [0.5, 0.6) is 0 Å². The Bertz CT molecular complexity index is 374. The van der Waals surface area contributed by atoms with Crippen LogP contribution in [0.2, 0.25) is 0 Å². The van der Waals surface area contributed by atoms with Crippen molar-refractivity contribution < 1.29 is 19.4 Å². The molecule has 0 radical (unpaired) electrons. The molecule has 6 heteroatoms. The fourth-order valence-corrected chi connectivity index (χ4v) is 2.77. The van der Waals surface area contributed by atoms with Crippen molar-refractivity contribution in [3.05, 3.63) is 0 Å². The molecule has 1 unspecified atom stereocenters. The number of carbonyl (C=O) groups excluding carboxylic acids is 1. The molecule has 108 valence electrons. The predicted octanol–water partition coefficient (Wildman–Crippen LogP) is 1.06. The summed E-state index contributed by atoms with van der Waals surface area (Å²) in [5, 5.41) is 12.1.